The molecule has 2 aliphatic heterocycles. The summed E-state index contributed by atoms with van der Waals surface area (Å²) in [7, 11) is 1.65. The van der Waals surface area contributed by atoms with Crippen molar-refractivity contribution in [2.24, 2.45) is 5.92 Å². The Morgan fingerprint density at radius 1 is 1.31 bits per heavy atom. The highest BCUT2D eigenvalue weighted by molar-refractivity contribution is 5.97. The number of fused-ring (bicyclic) bond motifs is 2. The van der Waals surface area contributed by atoms with E-state index >= 15 is 0 Å². The summed E-state index contributed by atoms with van der Waals surface area (Å²) < 4.78 is 16.9. The maximum Gasteiger partial charge on any atom is 0.321 e. The molecule has 0 radical (unpaired) electrons. The normalized spacial score (nSPS) is 19.1. The molecular weight excluding hydrogens is 504 g/mol. The summed E-state index contributed by atoms with van der Waals surface area (Å²) in [6.07, 6.45) is 0.961. The zero-order valence-corrected chi connectivity index (χ0v) is 22.7. The highest BCUT2D eigenvalue weighted by Gasteiger charge is 2.34. The van der Waals surface area contributed by atoms with Gasteiger partial charge in [-0.2, -0.15) is 0 Å². The summed E-state index contributed by atoms with van der Waals surface area (Å²) in [6, 6.07) is 5.92. The lowest BCUT2D eigenvalue weighted by atomic mass is 10.00. The number of likely N-dealkylation sites (N-methyl/N-ethyl adjacent to an activating group) is 1. The number of aromatic nitrogens is 1. The SMILES string of the molecule is C[C@H](CO)N1C[C@H](C)[C@H](CN(C)C(=O)Nc2ccc3c(c2)OCO3)Oc2ncc(C#CC(C)(C)O)cc2C1=O. The largest absolute Gasteiger partial charge is 0.472 e. The number of rotatable bonds is 5. The van der Waals surface area contributed by atoms with Gasteiger partial charge in [-0.3, -0.25) is 4.79 Å². The number of hydrogen-bond donors (Lipinski definition) is 3. The van der Waals surface area contributed by atoms with Crippen LogP contribution in [-0.4, -0.2) is 88.2 Å². The number of carbonyl (C=O) groups excluding carboxylic acids is 2. The van der Waals surface area contributed by atoms with Crippen LogP contribution < -0.4 is 19.5 Å². The molecule has 0 spiro atoms. The molecule has 0 saturated heterocycles. The van der Waals surface area contributed by atoms with Crippen LogP contribution in [0.15, 0.2) is 30.5 Å². The fraction of sp³-hybridized carbons (Fsp3) is 0.464. The third-order valence-corrected chi connectivity index (χ3v) is 6.46. The van der Waals surface area contributed by atoms with E-state index in [1.165, 1.54) is 11.1 Å². The number of nitrogens with zero attached hydrogens (tertiary/aromatic N) is 3. The van der Waals surface area contributed by atoms with Gasteiger partial charge in [0.2, 0.25) is 12.7 Å². The van der Waals surface area contributed by atoms with Crippen LogP contribution in [0.1, 0.15) is 43.6 Å². The molecule has 39 heavy (non-hydrogen) atoms. The van der Waals surface area contributed by atoms with Crippen LogP contribution in [0.5, 0.6) is 17.4 Å². The minimum absolute atomic E-state index is 0.116. The first-order chi connectivity index (χ1) is 18.4. The Bertz CT molecular complexity index is 1300. The van der Waals surface area contributed by atoms with E-state index in [9.17, 15) is 19.8 Å². The van der Waals surface area contributed by atoms with Crippen LogP contribution in [0.3, 0.4) is 0 Å². The van der Waals surface area contributed by atoms with Crippen LogP contribution in [0.4, 0.5) is 10.5 Å². The van der Waals surface area contributed by atoms with Crippen molar-refractivity contribution in [1.82, 2.24) is 14.8 Å². The molecular formula is C28H34N4O7. The molecule has 2 aromatic rings. The lowest BCUT2D eigenvalue weighted by molar-refractivity contribution is 0.0356. The van der Waals surface area contributed by atoms with Gasteiger partial charge >= 0.3 is 6.03 Å². The predicted molar refractivity (Wildman–Crippen MR) is 143 cm³/mol. The second kappa shape index (κ2) is 11.4. The fourth-order valence-electron chi connectivity index (χ4n) is 4.16. The highest BCUT2D eigenvalue weighted by atomic mass is 16.7. The number of hydrogen-bond acceptors (Lipinski definition) is 8. The monoisotopic (exact) mass is 538 g/mol. The fourth-order valence-corrected chi connectivity index (χ4v) is 4.16. The standard InChI is InChI=1S/C28H34N4O7/c1-17-13-32(18(2)15-33)26(34)21-10-19(8-9-28(3,4)36)12-29-25(21)39-24(17)14-31(5)27(35)30-20-6-7-22-23(11-20)38-16-37-22/h6-7,10-12,17-18,24,33,36H,13-16H2,1-5H3,(H,30,35)/t17-,18+,24-/m0/s1. The topological polar surface area (TPSA) is 134 Å². The first-order valence-corrected chi connectivity index (χ1v) is 12.7. The zero-order valence-electron chi connectivity index (χ0n) is 22.7. The lowest BCUT2D eigenvalue weighted by Gasteiger charge is -2.37. The second-order valence-electron chi connectivity index (χ2n) is 10.4. The van der Waals surface area contributed by atoms with Gasteiger partial charge in [-0.25, -0.2) is 9.78 Å². The Hall–Kier alpha value is -4.01. The molecule has 1 aromatic heterocycles. The highest BCUT2D eigenvalue weighted by Crippen LogP contribution is 2.34. The van der Waals surface area contributed by atoms with Crippen molar-refractivity contribution in [2.45, 2.75) is 45.4 Å². The van der Waals surface area contributed by atoms with Gasteiger partial charge in [0.15, 0.2) is 11.5 Å². The Kier molecular flexibility index (Phi) is 8.18. The number of urea groups is 1. The summed E-state index contributed by atoms with van der Waals surface area (Å²) in [5.74, 6) is 6.31. The number of aliphatic hydroxyl groups is 2. The number of ether oxygens (including phenoxy) is 3. The van der Waals surface area contributed by atoms with E-state index in [0.717, 1.165) is 0 Å². The van der Waals surface area contributed by atoms with Crippen molar-refractivity contribution in [1.29, 1.82) is 0 Å². The Morgan fingerprint density at radius 3 is 2.77 bits per heavy atom. The summed E-state index contributed by atoms with van der Waals surface area (Å²) in [6.45, 7) is 7.22. The Balaban J connectivity index is 1.57. The quantitative estimate of drug-likeness (QED) is 0.494. The van der Waals surface area contributed by atoms with Crippen LogP contribution in [0, 0.1) is 17.8 Å². The average molecular weight is 539 g/mol. The van der Waals surface area contributed by atoms with Gasteiger partial charge in [-0.1, -0.05) is 18.8 Å². The maximum absolute atomic E-state index is 13.5. The zero-order chi connectivity index (χ0) is 28.3. The van der Waals surface area contributed by atoms with Crippen molar-refractivity contribution in [3.63, 3.8) is 0 Å². The number of nitrogens with one attached hydrogen (secondary N) is 1. The van der Waals surface area contributed by atoms with Crippen molar-refractivity contribution in [3.8, 4) is 29.2 Å². The van der Waals surface area contributed by atoms with Crippen LogP contribution in [-0.2, 0) is 0 Å². The van der Waals surface area contributed by atoms with Crippen molar-refractivity contribution < 1.29 is 34.0 Å². The molecule has 11 nitrogen and oxygen atoms in total. The second-order valence-corrected chi connectivity index (χ2v) is 10.4. The third kappa shape index (κ3) is 6.71. The first-order valence-electron chi connectivity index (χ1n) is 12.7. The molecule has 3 amide bonds. The van der Waals surface area contributed by atoms with Crippen LogP contribution >= 0.6 is 0 Å². The van der Waals surface area contributed by atoms with Gasteiger partial charge in [-0.15, -0.1) is 0 Å². The van der Waals surface area contributed by atoms with Gasteiger partial charge in [0, 0.05) is 43.0 Å². The van der Waals surface area contributed by atoms with Crippen LogP contribution in [0.2, 0.25) is 0 Å². The molecule has 0 bridgehead atoms. The van der Waals surface area contributed by atoms with Gasteiger partial charge < -0.3 is 39.5 Å². The molecule has 3 N–H and O–H groups in total. The molecule has 0 unspecified atom stereocenters. The molecule has 2 aliphatic rings. The molecule has 3 atom stereocenters. The molecule has 3 heterocycles. The van der Waals surface area contributed by atoms with E-state index < -0.39 is 17.7 Å². The van der Waals surface area contributed by atoms with E-state index in [2.05, 4.69) is 22.1 Å². The van der Waals surface area contributed by atoms with Crippen molar-refractivity contribution >= 4 is 17.6 Å². The van der Waals surface area contributed by atoms with Crippen LogP contribution in [0.25, 0.3) is 0 Å². The van der Waals surface area contributed by atoms with Gasteiger partial charge in [0.05, 0.1) is 19.2 Å². The van der Waals surface area contributed by atoms with Gasteiger partial charge in [0.25, 0.3) is 5.91 Å². The molecule has 11 heteroatoms. The van der Waals surface area contributed by atoms with E-state index in [1.807, 2.05) is 6.92 Å². The first kappa shape index (κ1) is 28.0. The number of carbonyl (C=O) groups is 2. The number of anilines is 1. The van der Waals surface area contributed by atoms with Gasteiger partial charge in [-0.05, 0) is 39.0 Å². The lowest BCUT2D eigenvalue weighted by Crippen LogP contribution is -2.50. The summed E-state index contributed by atoms with van der Waals surface area (Å²) >= 11 is 0. The van der Waals surface area contributed by atoms with E-state index in [0.29, 0.717) is 29.3 Å². The minimum atomic E-state index is -1.21. The van der Waals surface area contributed by atoms with E-state index in [4.69, 9.17) is 14.2 Å². The molecule has 0 fully saturated rings. The number of benzene rings is 1. The molecule has 4 rings (SSSR count). The number of aliphatic hydroxyl groups excluding tert-OH is 1. The van der Waals surface area contributed by atoms with Gasteiger partial charge in [0.1, 0.15) is 17.3 Å². The Labute approximate surface area is 227 Å². The molecule has 208 valence electrons. The molecule has 1 aromatic carbocycles. The van der Waals surface area contributed by atoms with E-state index in [-0.39, 0.29) is 49.2 Å². The van der Waals surface area contributed by atoms with Crippen molar-refractivity contribution in [2.75, 3.05) is 38.9 Å². The molecule has 0 aliphatic carbocycles. The Morgan fingerprint density at radius 2 is 2.05 bits per heavy atom. The summed E-state index contributed by atoms with van der Waals surface area (Å²) in [4.78, 5) is 34.0. The number of pyridine rings is 1. The predicted octanol–water partition coefficient (Wildman–Crippen LogP) is 2.32. The summed E-state index contributed by atoms with van der Waals surface area (Å²) in [5, 5.41) is 22.6. The summed E-state index contributed by atoms with van der Waals surface area (Å²) in [5.41, 5.74) is -0.0193. The van der Waals surface area contributed by atoms with Crippen molar-refractivity contribution in [3.05, 3.63) is 41.6 Å². The van der Waals surface area contributed by atoms with E-state index in [1.54, 1.807) is 57.0 Å². The maximum atomic E-state index is 13.5. The average Bonchev–Trinajstić information content (AvgIpc) is 3.36. The molecule has 0 saturated carbocycles. The minimum Gasteiger partial charge on any atom is -0.472 e. The number of amides is 3. The smallest absolute Gasteiger partial charge is 0.321 e. The third-order valence-electron chi connectivity index (χ3n) is 6.46.